The van der Waals surface area contributed by atoms with Crippen LogP contribution in [0.15, 0.2) is 11.5 Å². The van der Waals surface area contributed by atoms with E-state index in [1.54, 1.807) is 0 Å². The zero-order valence-corrected chi connectivity index (χ0v) is 5.85. The normalized spacial score (nSPS) is 18.6. The summed E-state index contributed by atoms with van der Waals surface area (Å²) < 4.78 is 53.5. The molecule has 0 rings (SSSR count). The van der Waals surface area contributed by atoms with Crippen LogP contribution in [0.25, 0.3) is 0 Å². The van der Waals surface area contributed by atoms with E-state index >= 15 is 0 Å². The lowest BCUT2D eigenvalue weighted by atomic mass is 10.3. The van der Waals surface area contributed by atoms with E-state index in [0.29, 0.717) is 0 Å². The van der Waals surface area contributed by atoms with Gasteiger partial charge in [-0.15, -0.1) is 0 Å². The molecule has 0 heterocycles. The second-order valence-electron chi connectivity index (χ2n) is 1.58. The van der Waals surface area contributed by atoms with E-state index in [1.807, 2.05) is 0 Å². The summed E-state index contributed by atoms with van der Waals surface area (Å²) in [5, 5.41) is 8.38. The topological polar surface area (TPSA) is 60.4 Å². The van der Waals surface area contributed by atoms with Gasteiger partial charge in [0.15, 0.2) is 6.10 Å². The fourth-order valence-electron chi connectivity index (χ4n) is 0.248. The third-order valence-corrected chi connectivity index (χ3v) is 1.09. The molecule has 1 N–H and O–H groups in total. The van der Waals surface area contributed by atoms with Crippen LogP contribution in [0.5, 0.6) is 0 Å². The van der Waals surface area contributed by atoms with Gasteiger partial charge in [0.05, 0.1) is 0 Å². The Morgan fingerprint density at radius 1 is 1.55 bits per heavy atom. The Balaban J connectivity index is 4.07. The van der Waals surface area contributed by atoms with Gasteiger partial charge in [-0.25, -0.2) is 0 Å². The Kier molecular flexibility index (Phi) is 3.70. The number of aliphatic hydroxyl groups excluding tert-OH is 1. The minimum atomic E-state index is -4.81. The number of hydrogen-bond acceptors (Lipinski definition) is 3. The Morgan fingerprint density at radius 3 is 2.27 bits per heavy atom. The van der Waals surface area contributed by atoms with Crippen LogP contribution >= 0.6 is 0 Å². The molecule has 66 valence electrons. The molecule has 0 amide bonds. The molecule has 0 fully saturated rings. The second kappa shape index (κ2) is 3.84. The SMILES string of the molecule is O=S([O-])/C=C\C(O)C(F)(F)F. The van der Waals surface area contributed by atoms with Gasteiger partial charge in [-0.2, -0.15) is 13.2 Å². The zero-order valence-electron chi connectivity index (χ0n) is 5.04. The van der Waals surface area contributed by atoms with E-state index < -0.39 is 23.4 Å². The molecule has 0 saturated heterocycles. The average molecular weight is 189 g/mol. The van der Waals surface area contributed by atoms with E-state index in [4.69, 9.17) is 5.11 Å². The first-order chi connectivity index (χ1) is 4.84. The number of aliphatic hydroxyl groups is 1. The molecule has 2 unspecified atom stereocenters. The smallest absolute Gasteiger partial charge is 0.418 e. The fraction of sp³-hybridized carbons (Fsp3) is 0.500. The first kappa shape index (κ1) is 10.6. The third kappa shape index (κ3) is 4.93. The standard InChI is InChI=1S/C4H5F3O3S/c5-4(6,7)3(8)1-2-11(9)10/h1-3,8H,(H,9,10)/p-1/b2-1-. The third-order valence-electron chi connectivity index (χ3n) is 0.707. The van der Waals surface area contributed by atoms with Crippen molar-refractivity contribution in [3.05, 3.63) is 11.5 Å². The zero-order chi connectivity index (χ0) is 9.07. The molecule has 0 aromatic rings. The van der Waals surface area contributed by atoms with Gasteiger partial charge in [0.2, 0.25) is 0 Å². The molecule has 0 bridgehead atoms. The maximum atomic E-state index is 11.4. The second-order valence-corrected chi connectivity index (χ2v) is 2.37. The lowest BCUT2D eigenvalue weighted by molar-refractivity contribution is -0.187. The molecule has 0 aliphatic heterocycles. The summed E-state index contributed by atoms with van der Waals surface area (Å²) in [6.45, 7) is 0. The molecule has 2 atom stereocenters. The van der Waals surface area contributed by atoms with Crippen LogP contribution in [0.3, 0.4) is 0 Å². The molecule has 0 aromatic carbocycles. The first-order valence-corrected chi connectivity index (χ1v) is 3.49. The Hall–Kier alpha value is -0.400. The summed E-state index contributed by atoms with van der Waals surface area (Å²) >= 11 is -2.71. The lowest BCUT2D eigenvalue weighted by Crippen LogP contribution is -2.26. The van der Waals surface area contributed by atoms with Crippen LogP contribution in [0, 0.1) is 0 Å². The van der Waals surface area contributed by atoms with Crippen molar-refractivity contribution in [1.82, 2.24) is 0 Å². The number of hydrogen-bond donors (Lipinski definition) is 1. The molecule has 11 heavy (non-hydrogen) atoms. The molecule has 0 aliphatic carbocycles. The minimum absolute atomic E-state index is 0.142. The van der Waals surface area contributed by atoms with Crippen molar-refractivity contribution >= 4 is 11.1 Å². The predicted octanol–water partition coefficient (Wildman–Crippen LogP) is 0.302. The van der Waals surface area contributed by atoms with E-state index in [9.17, 15) is 21.9 Å². The van der Waals surface area contributed by atoms with Gasteiger partial charge >= 0.3 is 6.18 Å². The van der Waals surface area contributed by atoms with Crippen LogP contribution in [-0.4, -0.2) is 26.1 Å². The summed E-state index contributed by atoms with van der Waals surface area (Å²) in [4.78, 5) is 0. The maximum Gasteiger partial charge on any atom is 0.418 e. The average Bonchev–Trinajstić information content (AvgIpc) is 1.80. The van der Waals surface area contributed by atoms with Gasteiger partial charge in [0, 0.05) is 0 Å². The highest BCUT2D eigenvalue weighted by molar-refractivity contribution is 7.82. The van der Waals surface area contributed by atoms with Crippen LogP contribution in [0.1, 0.15) is 0 Å². The van der Waals surface area contributed by atoms with Crippen molar-refractivity contribution in [2.45, 2.75) is 12.3 Å². The molecule has 0 saturated carbocycles. The number of halogens is 3. The molecular weight excluding hydrogens is 185 g/mol. The minimum Gasteiger partial charge on any atom is -0.769 e. The molecule has 0 radical (unpaired) electrons. The molecule has 3 nitrogen and oxygen atoms in total. The van der Waals surface area contributed by atoms with Crippen LogP contribution in [0.2, 0.25) is 0 Å². The molecule has 0 spiro atoms. The van der Waals surface area contributed by atoms with Crippen molar-refractivity contribution in [3.63, 3.8) is 0 Å². The van der Waals surface area contributed by atoms with Crippen molar-refractivity contribution in [2.24, 2.45) is 0 Å². The molecule has 0 aromatic heterocycles. The van der Waals surface area contributed by atoms with Crippen LogP contribution in [-0.2, 0) is 11.1 Å². The number of alkyl halides is 3. The van der Waals surface area contributed by atoms with Crippen LogP contribution in [0.4, 0.5) is 13.2 Å². The summed E-state index contributed by atoms with van der Waals surface area (Å²) in [7, 11) is 0. The highest BCUT2D eigenvalue weighted by atomic mass is 32.2. The summed E-state index contributed by atoms with van der Waals surface area (Å²) in [5.41, 5.74) is 0. The first-order valence-electron chi connectivity index (χ1n) is 2.35. The number of rotatable bonds is 2. The highest BCUT2D eigenvalue weighted by Crippen LogP contribution is 2.20. The largest absolute Gasteiger partial charge is 0.769 e. The van der Waals surface area contributed by atoms with E-state index in [0.717, 1.165) is 0 Å². The Morgan fingerprint density at radius 2 is 2.00 bits per heavy atom. The van der Waals surface area contributed by atoms with Crippen molar-refractivity contribution in [2.75, 3.05) is 0 Å². The fourth-order valence-corrected chi connectivity index (χ4v) is 0.525. The summed E-state index contributed by atoms with van der Waals surface area (Å²) in [6, 6.07) is 0. The van der Waals surface area contributed by atoms with E-state index in [2.05, 4.69) is 0 Å². The molecule has 0 aliphatic rings. The lowest BCUT2D eigenvalue weighted by Gasteiger charge is -2.09. The summed E-state index contributed by atoms with van der Waals surface area (Å²) in [5.74, 6) is 0. The van der Waals surface area contributed by atoms with Gasteiger partial charge in [0.1, 0.15) is 0 Å². The van der Waals surface area contributed by atoms with Gasteiger partial charge in [-0.05, 0) is 22.6 Å². The highest BCUT2D eigenvalue weighted by Gasteiger charge is 2.36. The maximum absolute atomic E-state index is 11.4. The van der Waals surface area contributed by atoms with E-state index in [1.165, 1.54) is 0 Å². The van der Waals surface area contributed by atoms with Crippen molar-refractivity contribution in [3.8, 4) is 0 Å². The van der Waals surface area contributed by atoms with E-state index in [-0.39, 0.29) is 11.5 Å². The van der Waals surface area contributed by atoms with Gasteiger partial charge < -0.3 is 9.66 Å². The van der Waals surface area contributed by atoms with Gasteiger partial charge in [0.25, 0.3) is 0 Å². The van der Waals surface area contributed by atoms with Crippen molar-refractivity contribution < 1.29 is 27.0 Å². The summed E-state index contributed by atoms with van der Waals surface area (Å²) in [6.07, 6.45) is -7.39. The van der Waals surface area contributed by atoms with Gasteiger partial charge in [-0.3, -0.25) is 4.21 Å². The monoisotopic (exact) mass is 189 g/mol. The molecular formula is C4H4F3O3S-. The van der Waals surface area contributed by atoms with Crippen molar-refractivity contribution in [1.29, 1.82) is 0 Å². The van der Waals surface area contributed by atoms with Crippen LogP contribution < -0.4 is 0 Å². The van der Waals surface area contributed by atoms with Gasteiger partial charge in [-0.1, -0.05) is 0 Å². The quantitative estimate of drug-likeness (QED) is 0.635. The molecule has 7 heteroatoms. The Bertz CT molecular complexity index is 176. The Labute approximate surface area is 62.8 Å². The predicted molar refractivity (Wildman–Crippen MR) is 30.1 cm³/mol.